The van der Waals surface area contributed by atoms with Gasteiger partial charge in [0.05, 0.1) is 23.6 Å². The highest BCUT2D eigenvalue weighted by Gasteiger charge is 2.01. The Labute approximate surface area is 95.1 Å². The molecule has 0 radical (unpaired) electrons. The minimum Gasteiger partial charge on any atom is -0.397 e. The molecule has 0 fully saturated rings. The number of nitrogens with two attached hydrogens (primary N) is 1. The molecule has 4 nitrogen and oxygen atoms in total. The summed E-state index contributed by atoms with van der Waals surface area (Å²) in [6.45, 7) is 2.78. The number of aryl methyl sites for hydroxylation is 2. The highest BCUT2D eigenvalue weighted by Crippen LogP contribution is 2.20. The van der Waals surface area contributed by atoms with E-state index in [1.54, 1.807) is 6.20 Å². The highest BCUT2D eigenvalue weighted by molar-refractivity contribution is 5.66. The Balaban J connectivity index is 2.10. The Morgan fingerprint density at radius 2 is 2.19 bits per heavy atom. The molecule has 1 aromatic carbocycles. The molecular formula is C12H16N4. The second-order valence-electron chi connectivity index (χ2n) is 3.89. The van der Waals surface area contributed by atoms with Crippen molar-refractivity contribution in [1.82, 2.24) is 9.78 Å². The normalized spacial score (nSPS) is 10.4. The summed E-state index contributed by atoms with van der Waals surface area (Å²) < 4.78 is 1.85. The van der Waals surface area contributed by atoms with Crippen LogP contribution in [0.1, 0.15) is 11.3 Å². The molecule has 0 saturated carbocycles. The molecule has 0 aliphatic rings. The fourth-order valence-electron chi connectivity index (χ4n) is 1.58. The molecule has 0 unspecified atom stereocenters. The van der Waals surface area contributed by atoms with E-state index in [1.165, 1.54) is 5.56 Å². The third-order valence-electron chi connectivity index (χ3n) is 2.59. The number of nitrogens with one attached hydrogen (secondary N) is 1. The zero-order valence-corrected chi connectivity index (χ0v) is 9.57. The Morgan fingerprint density at radius 1 is 1.38 bits per heavy atom. The average molecular weight is 216 g/mol. The number of nitrogens with zero attached hydrogens (tertiary/aromatic N) is 2. The first-order chi connectivity index (χ1) is 7.66. The van der Waals surface area contributed by atoms with Crippen LogP contribution in [0.15, 0.2) is 30.5 Å². The topological polar surface area (TPSA) is 55.9 Å². The van der Waals surface area contributed by atoms with Crippen molar-refractivity contribution < 1.29 is 0 Å². The Morgan fingerprint density at radius 3 is 2.88 bits per heavy atom. The van der Waals surface area contributed by atoms with Gasteiger partial charge in [0.25, 0.3) is 0 Å². The van der Waals surface area contributed by atoms with Crippen molar-refractivity contribution in [3.8, 4) is 0 Å². The first-order valence-electron chi connectivity index (χ1n) is 5.23. The van der Waals surface area contributed by atoms with Crippen molar-refractivity contribution in [2.45, 2.75) is 13.5 Å². The molecule has 4 heteroatoms. The maximum Gasteiger partial charge on any atom is 0.0579 e. The predicted molar refractivity (Wildman–Crippen MR) is 66.1 cm³/mol. The molecule has 16 heavy (non-hydrogen) atoms. The molecule has 0 bridgehead atoms. The maximum atomic E-state index is 5.88. The van der Waals surface area contributed by atoms with E-state index in [9.17, 15) is 0 Å². The molecule has 0 amide bonds. The number of anilines is 2. The van der Waals surface area contributed by atoms with E-state index < -0.39 is 0 Å². The summed E-state index contributed by atoms with van der Waals surface area (Å²) in [5.74, 6) is 0. The van der Waals surface area contributed by atoms with E-state index in [1.807, 2.05) is 36.0 Å². The molecule has 0 atom stereocenters. The zero-order chi connectivity index (χ0) is 11.5. The number of nitrogen functional groups attached to an aromatic ring is 1. The van der Waals surface area contributed by atoms with Gasteiger partial charge < -0.3 is 11.1 Å². The zero-order valence-electron chi connectivity index (χ0n) is 9.57. The molecule has 3 N–H and O–H groups in total. The van der Waals surface area contributed by atoms with Crippen LogP contribution < -0.4 is 11.1 Å². The summed E-state index contributed by atoms with van der Waals surface area (Å²) >= 11 is 0. The average Bonchev–Trinajstić information content (AvgIpc) is 2.66. The fraction of sp³-hybridized carbons (Fsp3) is 0.250. The van der Waals surface area contributed by atoms with Gasteiger partial charge in [-0.1, -0.05) is 6.07 Å². The van der Waals surface area contributed by atoms with Crippen LogP contribution in [0.25, 0.3) is 0 Å². The molecule has 84 valence electrons. The smallest absolute Gasteiger partial charge is 0.0579 e. The van der Waals surface area contributed by atoms with E-state index in [0.29, 0.717) is 0 Å². The minimum absolute atomic E-state index is 0.726. The second kappa shape index (κ2) is 4.26. The Bertz CT molecular complexity index is 488. The van der Waals surface area contributed by atoms with E-state index in [0.717, 1.165) is 23.6 Å². The lowest BCUT2D eigenvalue weighted by Gasteiger charge is -2.10. The van der Waals surface area contributed by atoms with E-state index >= 15 is 0 Å². The van der Waals surface area contributed by atoms with Crippen LogP contribution in [-0.4, -0.2) is 9.78 Å². The lowest BCUT2D eigenvalue weighted by Crippen LogP contribution is -2.07. The Kier molecular flexibility index (Phi) is 2.81. The number of rotatable bonds is 3. The van der Waals surface area contributed by atoms with Gasteiger partial charge in [-0.2, -0.15) is 5.10 Å². The van der Waals surface area contributed by atoms with Crippen molar-refractivity contribution in [3.63, 3.8) is 0 Å². The number of benzene rings is 1. The Hall–Kier alpha value is -1.97. The quantitative estimate of drug-likeness (QED) is 0.771. The molecule has 0 saturated heterocycles. The summed E-state index contributed by atoms with van der Waals surface area (Å²) in [6, 6.07) is 7.95. The van der Waals surface area contributed by atoms with Gasteiger partial charge >= 0.3 is 0 Å². The van der Waals surface area contributed by atoms with Crippen molar-refractivity contribution in [2.75, 3.05) is 11.1 Å². The monoisotopic (exact) mass is 216 g/mol. The van der Waals surface area contributed by atoms with Crippen LogP contribution in [-0.2, 0) is 13.6 Å². The number of hydrogen-bond donors (Lipinski definition) is 2. The molecule has 2 aromatic rings. The van der Waals surface area contributed by atoms with Gasteiger partial charge in [0.15, 0.2) is 0 Å². The van der Waals surface area contributed by atoms with Crippen LogP contribution in [0.5, 0.6) is 0 Å². The minimum atomic E-state index is 0.726. The van der Waals surface area contributed by atoms with Crippen molar-refractivity contribution >= 4 is 11.4 Å². The molecular weight excluding hydrogens is 200 g/mol. The van der Waals surface area contributed by atoms with E-state index in [-0.39, 0.29) is 0 Å². The van der Waals surface area contributed by atoms with Crippen LogP contribution in [0.2, 0.25) is 0 Å². The summed E-state index contributed by atoms with van der Waals surface area (Å²) in [7, 11) is 1.93. The summed E-state index contributed by atoms with van der Waals surface area (Å²) in [5.41, 5.74) is 9.95. The van der Waals surface area contributed by atoms with Gasteiger partial charge in [-0.25, -0.2) is 0 Å². The standard InChI is InChI=1S/C12H16N4/c1-9-3-4-11(13)12(7-9)14-8-10-5-6-15-16(10)2/h3-7,14H,8,13H2,1-2H3. The van der Waals surface area contributed by atoms with Crippen LogP contribution in [0.3, 0.4) is 0 Å². The van der Waals surface area contributed by atoms with Crippen LogP contribution in [0.4, 0.5) is 11.4 Å². The predicted octanol–water partition coefficient (Wildman–Crippen LogP) is 1.92. The number of aromatic nitrogens is 2. The van der Waals surface area contributed by atoms with Gasteiger partial charge in [0, 0.05) is 13.2 Å². The van der Waals surface area contributed by atoms with Gasteiger partial charge in [0.2, 0.25) is 0 Å². The third kappa shape index (κ3) is 2.16. The highest BCUT2D eigenvalue weighted by atomic mass is 15.3. The van der Waals surface area contributed by atoms with E-state index in [4.69, 9.17) is 5.73 Å². The first-order valence-corrected chi connectivity index (χ1v) is 5.23. The lowest BCUT2D eigenvalue weighted by atomic mass is 10.2. The molecule has 0 spiro atoms. The second-order valence-corrected chi connectivity index (χ2v) is 3.89. The van der Waals surface area contributed by atoms with Gasteiger partial charge in [-0.3, -0.25) is 4.68 Å². The summed E-state index contributed by atoms with van der Waals surface area (Å²) in [5, 5.41) is 7.43. The first kappa shape index (κ1) is 10.5. The SMILES string of the molecule is Cc1ccc(N)c(NCc2ccnn2C)c1. The third-order valence-corrected chi connectivity index (χ3v) is 2.59. The molecule has 1 aromatic heterocycles. The molecule has 2 rings (SSSR count). The van der Waals surface area contributed by atoms with Crippen molar-refractivity contribution in [2.24, 2.45) is 7.05 Å². The van der Waals surface area contributed by atoms with Crippen molar-refractivity contribution in [1.29, 1.82) is 0 Å². The molecule has 0 aliphatic carbocycles. The van der Waals surface area contributed by atoms with Gasteiger partial charge in [-0.05, 0) is 30.7 Å². The van der Waals surface area contributed by atoms with Gasteiger partial charge in [0.1, 0.15) is 0 Å². The largest absolute Gasteiger partial charge is 0.397 e. The fourth-order valence-corrected chi connectivity index (χ4v) is 1.58. The summed E-state index contributed by atoms with van der Waals surface area (Å²) in [6.07, 6.45) is 1.79. The summed E-state index contributed by atoms with van der Waals surface area (Å²) in [4.78, 5) is 0. The lowest BCUT2D eigenvalue weighted by molar-refractivity contribution is 0.720. The molecule has 1 heterocycles. The van der Waals surface area contributed by atoms with E-state index in [2.05, 4.69) is 17.3 Å². The number of hydrogen-bond acceptors (Lipinski definition) is 3. The molecule has 0 aliphatic heterocycles. The van der Waals surface area contributed by atoms with Gasteiger partial charge in [-0.15, -0.1) is 0 Å². The van der Waals surface area contributed by atoms with Crippen molar-refractivity contribution in [3.05, 3.63) is 41.7 Å². The van der Waals surface area contributed by atoms with Crippen LogP contribution >= 0.6 is 0 Å². The maximum absolute atomic E-state index is 5.88. The van der Waals surface area contributed by atoms with Crippen LogP contribution in [0, 0.1) is 6.92 Å².